The maximum atomic E-state index is 14.2. The fourth-order valence-electron chi connectivity index (χ4n) is 5.24. The summed E-state index contributed by atoms with van der Waals surface area (Å²) in [4.78, 5) is 31.2. The van der Waals surface area contributed by atoms with Gasteiger partial charge in [0.15, 0.2) is 0 Å². The lowest BCUT2D eigenvalue weighted by Crippen LogP contribution is -2.34. The summed E-state index contributed by atoms with van der Waals surface area (Å²) < 4.78 is 44.2. The Morgan fingerprint density at radius 1 is 0.974 bits per heavy atom. The molecule has 1 atom stereocenters. The van der Waals surface area contributed by atoms with Crippen molar-refractivity contribution in [1.82, 2.24) is 19.8 Å². The second kappa shape index (κ2) is 9.77. The van der Waals surface area contributed by atoms with Crippen LogP contribution in [0.4, 0.5) is 13.2 Å². The van der Waals surface area contributed by atoms with E-state index >= 15 is 0 Å². The van der Waals surface area contributed by atoms with Crippen LogP contribution >= 0.6 is 0 Å². The number of aromatic nitrogens is 2. The summed E-state index contributed by atoms with van der Waals surface area (Å²) in [5, 5.41) is 13.5. The Hall–Kier alpha value is -3.89. The van der Waals surface area contributed by atoms with Crippen molar-refractivity contribution in [1.29, 1.82) is 0 Å². The van der Waals surface area contributed by atoms with Gasteiger partial charge in [-0.15, -0.1) is 0 Å². The summed E-state index contributed by atoms with van der Waals surface area (Å²) >= 11 is 0. The van der Waals surface area contributed by atoms with E-state index in [9.17, 15) is 27.9 Å². The Labute approximate surface area is 216 Å². The molecule has 1 aliphatic heterocycles. The molecule has 10 heteroatoms. The molecule has 4 aromatic rings. The van der Waals surface area contributed by atoms with Gasteiger partial charge in [-0.05, 0) is 31.3 Å². The third-order valence-corrected chi connectivity index (χ3v) is 7.04. The number of halogens is 3. The lowest BCUT2D eigenvalue weighted by Gasteiger charge is -2.22. The minimum absolute atomic E-state index is 0.00664. The van der Waals surface area contributed by atoms with E-state index in [0.29, 0.717) is 30.6 Å². The van der Waals surface area contributed by atoms with E-state index < -0.39 is 29.7 Å². The van der Waals surface area contributed by atoms with Crippen molar-refractivity contribution in [3.05, 3.63) is 71.5 Å². The summed E-state index contributed by atoms with van der Waals surface area (Å²) in [6.45, 7) is 5.70. The number of alkyl halides is 3. The van der Waals surface area contributed by atoms with Gasteiger partial charge in [-0.1, -0.05) is 38.1 Å². The third kappa shape index (κ3) is 4.39. The Bertz CT molecular complexity index is 1580. The molecule has 198 valence electrons. The average Bonchev–Trinajstić information content (AvgIpc) is 3.54. The predicted octanol–water partition coefficient (Wildman–Crippen LogP) is 4.41. The van der Waals surface area contributed by atoms with Gasteiger partial charge in [-0.3, -0.25) is 14.9 Å². The molecule has 7 nitrogen and oxygen atoms in total. The molecule has 0 spiro atoms. The zero-order valence-corrected chi connectivity index (χ0v) is 20.9. The van der Waals surface area contributed by atoms with Crippen LogP contribution in [0.25, 0.3) is 33.0 Å². The number of hydrogen-bond donors (Lipinski definition) is 3. The molecule has 2 aromatic heterocycles. The summed E-state index contributed by atoms with van der Waals surface area (Å²) in [6.07, 6.45) is -2.56. The van der Waals surface area contributed by atoms with E-state index in [4.69, 9.17) is 0 Å². The molecular formula is C28H27F3N4O3. The van der Waals surface area contributed by atoms with Crippen LogP contribution in [0.5, 0.6) is 0 Å². The maximum Gasteiger partial charge on any atom is 0.417 e. The van der Waals surface area contributed by atoms with Crippen LogP contribution in [-0.4, -0.2) is 57.1 Å². The normalized spacial score (nSPS) is 15.3. The minimum Gasteiger partial charge on any atom is -0.390 e. The van der Waals surface area contributed by atoms with Crippen LogP contribution in [0.2, 0.25) is 0 Å². The smallest absolute Gasteiger partial charge is 0.390 e. The summed E-state index contributed by atoms with van der Waals surface area (Å²) in [7, 11) is 0. The van der Waals surface area contributed by atoms with Crippen LogP contribution in [0, 0.1) is 0 Å². The van der Waals surface area contributed by atoms with Crippen LogP contribution in [-0.2, 0) is 22.3 Å². The molecule has 38 heavy (non-hydrogen) atoms. The number of aliphatic hydroxyl groups excluding tert-OH is 1. The molecule has 0 saturated heterocycles. The van der Waals surface area contributed by atoms with Crippen LogP contribution < -0.4 is 5.32 Å². The number of carbonyl (C=O) groups is 2. The summed E-state index contributed by atoms with van der Waals surface area (Å²) in [6, 6.07) is 11.0. The molecule has 3 N–H and O–H groups in total. The van der Waals surface area contributed by atoms with E-state index in [0.717, 1.165) is 11.6 Å². The van der Waals surface area contributed by atoms with Gasteiger partial charge in [-0.25, -0.2) is 0 Å². The first-order valence-corrected chi connectivity index (χ1v) is 12.4. The number of amides is 2. The van der Waals surface area contributed by atoms with Crippen LogP contribution in [0.15, 0.2) is 54.9 Å². The maximum absolute atomic E-state index is 14.2. The molecule has 2 aromatic carbocycles. The van der Waals surface area contributed by atoms with Gasteiger partial charge in [0.05, 0.1) is 22.8 Å². The second-order valence-electron chi connectivity index (χ2n) is 9.31. The molecule has 1 unspecified atom stereocenters. The van der Waals surface area contributed by atoms with E-state index in [1.165, 1.54) is 22.9 Å². The zero-order chi connectivity index (χ0) is 27.2. The zero-order valence-electron chi connectivity index (χ0n) is 20.9. The number of imide groups is 1. The molecule has 0 fully saturated rings. The fourth-order valence-corrected chi connectivity index (χ4v) is 5.24. The molecule has 2 amide bonds. The van der Waals surface area contributed by atoms with E-state index in [2.05, 4.69) is 10.3 Å². The van der Waals surface area contributed by atoms with Crippen molar-refractivity contribution in [3.63, 3.8) is 0 Å². The summed E-state index contributed by atoms with van der Waals surface area (Å²) in [5.74, 6) is -1.45. The number of fused-ring (bicyclic) bond motifs is 2. The highest BCUT2D eigenvalue weighted by Crippen LogP contribution is 2.43. The monoisotopic (exact) mass is 524 g/mol. The lowest BCUT2D eigenvalue weighted by molar-refractivity contribution is -0.136. The predicted molar refractivity (Wildman–Crippen MR) is 139 cm³/mol. The number of benzene rings is 2. The number of aliphatic hydroxyl groups is 1. The van der Waals surface area contributed by atoms with Crippen LogP contribution in [0.1, 0.15) is 30.5 Å². The first-order valence-electron chi connectivity index (χ1n) is 12.4. The molecule has 0 aliphatic carbocycles. The van der Waals surface area contributed by atoms with Crippen molar-refractivity contribution in [2.75, 3.05) is 19.6 Å². The quantitative estimate of drug-likeness (QED) is 0.298. The molecule has 0 radical (unpaired) electrons. The van der Waals surface area contributed by atoms with Gasteiger partial charge in [-0.2, -0.15) is 13.2 Å². The molecule has 1 aliphatic rings. The number of H-pyrrole nitrogens is 1. The van der Waals surface area contributed by atoms with Crippen molar-refractivity contribution in [2.24, 2.45) is 0 Å². The van der Waals surface area contributed by atoms with Crippen molar-refractivity contribution in [3.8, 4) is 0 Å². The summed E-state index contributed by atoms with van der Waals surface area (Å²) in [5.41, 5.74) is 0.314. The molecule has 0 saturated carbocycles. The van der Waals surface area contributed by atoms with Gasteiger partial charge in [0.1, 0.15) is 0 Å². The SMILES string of the molecule is CCN(CC)CC(O)Cn1cc(C2=C(c3c[nH]c4ccccc34)C(=O)NC2=O)c2c(C(F)(F)F)cccc21. The Kier molecular flexibility index (Phi) is 6.62. The lowest BCUT2D eigenvalue weighted by atomic mass is 9.94. The highest BCUT2D eigenvalue weighted by Gasteiger charge is 2.39. The highest BCUT2D eigenvalue weighted by atomic mass is 19.4. The molecule has 0 bridgehead atoms. The van der Waals surface area contributed by atoms with E-state index in [-0.39, 0.29) is 34.2 Å². The Balaban J connectivity index is 1.75. The van der Waals surface area contributed by atoms with Crippen molar-refractivity contribution in [2.45, 2.75) is 32.7 Å². The Morgan fingerprint density at radius 3 is 2.34 bits per heavy atom. The van der Waals surface area contributed by atoms with E-state index in [1.54, 1.807) is 24.4 Å². The molecular weight excluding hydrogens is 497 g/mol. The second-order valence-corrected chi connectivity index (χ2v) is 9.31. The van der Waals surface area contributed by atoms with Gasteiger partial charge in [0.25, 0.3) is 11.8 Å². The average molecular weight is 525 g/mol. The number of nitrogens with one attached hydrogen (secondary N) is 2. The van der Waals surface area contributed by atoms with Crippen molar-refractivity contribution >= 4 is 44.8 Å². The number of para-hydroxylation sites is 1. The fraction of sp³-hybridized carbons (Fsp3) is 0.286. The van der Waals surface area contributed by atoms with E-state index in [1.807, 2.05) is 24.8 Å². The first kappa shape index (κ1) is 25.7. The third-order valence-electron chi connectivity index (χ3n) is 7.04. The number of likely N-dealkylation sites (N-methyl/N-ethyl adjacent to an activating group) is 1. The Morgan fingerprint density at radius 2 is 1.66 bits per heavy atom. The van der Waals surface area contributed by atoms with Gasteiger partial charge >= 0.3 is 6.18 Å². The van der Waals surface area contributed by atoms with Crippen molar-refractivity contribution < 1.29 is 27.9 Å². The van der Waals surface area contributed by atoms with Gasteiger partial charge in [0.2, 0.25) is 0 Å². The number of rotatable bonds is 8. The minimum atomic E-state index is -4.71. The number of hydrogen-bond acceptors (Lipinski definition) is 4. The van der Waals surface area contributed by atoms with Gasteiger partial charge in [0, 0.05) is 58.4 Å². The first-order chi connectivity index (χ1) is 18.1. The molecule has 3 heterocycles. The topological polar surface area (TPSA) is 90.4 Å². The standard InChI is InChI=1S/C28H27F3N4O3/c1-3-34(4-2)13-16(36)14-35-15-19(23-20(28(29,30)31)9-7-11-22(23)35)25-24(26(37)33-27(25)38)18-12-32-21-10-6-5-8-17(18)21/h5-12,15-16,32,36H,3-4,13-14H2,1-2H3,(H,33,37,38). The number of aromatic amines is 1. The van der Waals surface area contributed by atoms with Crippen LogP contribution in [0.3, 0.4) is 0 Å². The van der Waals surface area contributed by atoms with Gasteiger partial charge < -0.3 is 19.6 Å². The molecule has 5 rings (SSSR count). The number of carbonyl (C=O) groups excluding carboxylic acids is 2. The highest BCUT2D eigenvalue weighted by molar-refractivity contribution is 6.50. The largest absolute Gasteiger partial charge is 0.417 e. The number of nitrogens with zero attached hydrogens (tertiary/aromatic N) is 2.